The third-order valence-electron chi connectivity index (χ3n) is 8.48. The fourth-order valence-corrected chi connectivity index (χ4v) is 9.03. The number of carbonyl (C=O) groups is 3. The number of methoxy groups -OCH3 is 3. The molecule has 3 amide bonds. The van der Waals surface area contributed by atoms with Crippen molar-refractivity contribution in [1.29, 1.82) is 0 Å². The zero-order chi connectivity index (χ0) is 32.8. The highest BCUT2D eigenvalue weighted by Crippen LogP contribution is 2.54. The van der Waals surface area contributed by atoms with Crippen molar-refractivity contribution in [3.05, 3.63) is 105 Å². The molecule has 0 bridgehead atoms. The Morgan fingerprint density at radius 1 is 0.809 bits per heavy atom. The van der Waals surface area contributed by atoms with E-state index >= 15 is 0 Å². The summed E-state index contributed by atoms with van der Waals surface area (Å²) in [4.78, 5) is 56.6. The Morgan fingerprint density at radius 3 is 2.28 bits per heavy atom. The fourth-order valence-electron chi connectivity index (χ4n) is 6.26. The molecule has 2 aliphatic rings. The van der Waals surface area contributed by atoms with Crippen molar-refractivity contribution in [2.75, 3.05) is 31.5 Å². The fraction of sp³-hybridized carbons (Fsp3) is 0.200. The lowest BCUT2D eigenvalue weighted by Gasteiger charge is -2.31. The molecule has 4 aromatic carbocycles. The molecular formula is C35H29N3O7S2. The van der Waals surface area contributed by atoms with E-state index in [1.54, 1.807) is 43.5 Å². The van der Waals surface area contributed by atoms with Gasteiger partial charge in [-0.15, -0.1) is 0 Å². The van der Waals surface area contributed by atoms with E-state index in [2.05, 4.69) is 5.32 Å². The largest absolute Gasteiger partial charge is 0.497 e. The number of benzene rings is 4. The first kappa shape index (κ1) is 30.6. The second-order valence-corrected chi connectivity index (χ2v) is 13.2. The van der Waals surface area contributed by atoms with E-state index in [1.165, 1.54) is 23.7 Å². The van der Waals surface area contributed by atoms with E-state index < -0.39 is 23.0 Å². The Hall–Kier alpha value is -5.07. The third-order valence-corrected chi connectivity index (χ3v) is 11.1. The van der Waals surface area contributed by atoms with Gasteiger partial charge in [0.25, 0.3) is 0 Å². The molecule has 7 rings (SSSR count). The van der Waals surface area contributed by atoms with Gasteiger partial charge in [0.15, 0.2) is 11.5 Å². The standard InChI is InChI=1S/C35H29N3O7S2/c1-43-24-13-11-23(12-14-24)38-32(40)29-28(21-9-15-25(44-2)26(17-21)45-3)31-34(46-30(29)33(38)41)37(35(42)47-31)18-27(39)36-22-10-8-19-6-4-5-7-20(19)16-22/h4-17,28-30H,18H2,1-3H3,(H,36,39)/t28-,29?,30?/m1/s1. The van der Waals surface area contributed by atoms with E-state index in [4.69, 9.17) is 14.2 Å². The second kappa shape index (κ2) is 12.3. The molecule has 0 spiro atoms. The van der Waals surface area contributed by atoms with Crippen LogP contribution in [-0.2, 0) is 20.9 Å². The number of hydrogen-bond donors (Lipinski definition) is 1. The first-order valence-electron chi connectivity index (χ1n) is 14.7. The Labute approximate surface area is 277 Å². The number of thiazole rings is 1. The van der Waals surface area contributed by atoms with Crippen molar-refractivity contribution in [2.45, 2.75) is 22.7 Å². The number of anilines is 2. The summed E-state index contributed by atoms with van der Waals surface area (Å²) < 4.78 is 17.7. The van der Waals surface area contributed by atoms with Crippen LogP contribution in [0.2, 0.25) is 0 Å². The van der Waals surface area contributed by atoms with Gasteiger partial charge in [0.05, 0.1) is 38.0 Å². The van der Waals surface area contributed by atoms with E-state index in [0.717, 1.165) is 33.9 Å². The average molecular weight is 668 g/mol. The average Bonchev–Trinajstić information content (AvgIpc) is 3.53. The van der Waals surface area contributed by atoms with E-state index in [1.807, 2.05) is 48.5 Å². The normalized spacial score (nSPS) is 18.5. The molecule has 1 aromatic heterocycles. The highest BCUT2D eigenvalue weighted by molar-refractivity contribution is 8.00. The number of rotatable bonds is 8. The van der Waals surface area contributed by atoms with Crippen LogP contribution in [0, 0.1) is 5.92 Å². The molecule has 10 nitrogen and oxygen atoms in total. The van der Waals surface area contributed by atoms with Gasteiger partial charge in [-0.05, 0) is 64.9 Å². The highest BCUT2D eigenvalue weighted by Gasteiger charge is 2.57. The summed E-state index contributed by atoms with van der Waals surface area (Å²) in [6, 6.07) is 25.5. The van der Waals surface area contributed by atoms with Gasteiger partial charge >= 0.3 is 4.87 Å². The molecule has 2 unspecified atom stereocenters. The van der Waals surface area contributed by atoms with Crippen LogP contribution in [0.25, 0.3) is 10.8 Å². The molecule has 1 fully saturated rings. The van der Waals surface area contributed by atoms with Crippen molar-refractivity contribution in [1.82, 2.24) is 4.57 Å². The molecule has 12 heteroatoms. The number of carbonyl (C=O) groups excluding carboxylic acids is 3. The Morgan fingerprint density at radius 2 is 1.55 bits per heavy atom. The minimum Gasteiger partial charge on any atom is -0.497 e. The molecule has 5 aromatic rings. The lowest BCUT2D eigenvalue weighted by molar-refractivity contribution is -0.122. The summed E-state index contributed by atoms with van der Waals surface area (Å²) in [7, 11) is 4.59. The van der Waals surface area contributed by atoms with E-state index in [9.17, 15) is 19.2 Å². The SMILES string of the molecule is COc1ccc(N2C(=O)C3Sc4c(sc(=O)n4CC(=O)Nc4ccc5ccccc5c4)[C@H](c4ccc(OC)c(OC)c4)C3C2=O)cc1. The van der Waals surface area contributed by atoms with Gasteiger partial charge in [-0.3, -0.25) is 23.7 Å². The van der Waals surface area contributed by atoms with Crippen LogP contribution in [-0.4, -0.2) is 48.9 Å². The first-order chi connectivity index (χ1) is 22.8. The minimum atomic E-state index is -0.834. The molecule has 0 radical (unpaired) electrons. The number of nitrogens with zero attached hydrogens (tertiary/aromatic N) is 2. The number of nitrogens with one attached hydrogen (secondary N) is 1. The van der Waals surface area contributed by atoms with Crippen LogP contribution in [0.15, 0.2) is 94.7 Å². The van der Waals surface area contributed by atoms with Crippen LogP contribution in [0.1, 0.15) is 16.4 Å². The smallest absolute Gasteiger partial charge is 0.308 e. The number of imide groups is 1. The van der Waals surface area contributed by atoms with Crippen LogP contribution in [0.5, 0.6) is 17.2 Å². The maximum absolute atomic E-state index is 14.2. The summed E-state index contributed by atoms with van der Waals surface area (Å²) in [5.74, 6) is -1.06. The lowest BCUT2D eigenvalue weighted by Crippen LogP contribution is -2.33. The number of ether oxygens (including phenoxy) is 3. The van der Waals surface area contributed by atoms with Crippen LogP contribution in [0.4, 0.5) is 11.4 Å². The number of hydrogen-bond acceptors (Lipinski definition) is 9. The Balaban J connectivity index is 1.28. The van der Waals surface area contributed by atoms with Crippen molar-refractivity contribution in [2.24, 2.45) is 5.92 Å². The summed E-state index contributed by atoms with van der Waals surface area (Å²) in [5.41, 5.74) is 1.72. The number of aromatic nitrogens is 1. The minimum absolute atomic E-state index is 0.259. The topological polar surface area (TPSA) is 116 Å². The molecule has 238 valence electrons. The van der Waals surface area contributed by atoms with Crippen molar-refractivity contribution in [3.63, 3.8) is 0 Å². The summed E-state index contributed by atoms with van der Waals surface area (Å²) in [6.07, 6.45) is 0. The summed E-state index contributed by atoms with van der Waals surface area (Å²) in [5, 5.41) is 4.58. The molecule has 3 heterocycles. The van der Waals surface area contributed by atoms with Crippen molar-refractivity contribution in [3.8, 4) is 17.2 Å². The molecule has 0 saturated carbocycles. The molecule has 0 aliphatic carbocycles. The van der Waals surface area contributed by atoms with Gasteiger partial charge in [0.1, 0.15) is 17.5 Å². The molecular weight excluding hydrogens is 639 g/mol. The highest BCUT2D eigenvalue weighted by atomic mass is 32.2. The molecule has 3 atom stereocenters. The van der Waals surface area contributed by atoms with Gasteiger partial charge < -0.3 is 19.5 Å². The maximum Gasteiger partial charge on any atom is 0.308 e. The summed E-state index contributed by atoms with van der Waals surface area (Å²) >= 11 is 2.14. The molecule has 1 N–H and O–H groups in total. The van der Waals surface area contributed by atoms with Gasteiger partial charge in [-0.1, -0.05) is 59.5 Å². The van der Waals surface area contributed by atoms with Gasteiger partial charge in [0, 0.05) is 16.5 Å². The van der Waals surface area contributed by atoms with Gasteiger partial charge in [0.2, 0.25) is 17.7 Å². The summed E-state index contributed by atoms with van der Waals surface area (Å²) in [6.45, 7) is -0.259. The van der Waals surface area contributed by atoms with Gasteiger partial charge in [-0.2, -0.15) is 0 Å². The number of thioether (sulfide) groups is 1. The Bertz CT molecular complexity index is 2110. The van der Waals surface area contributed by atoms with E-state index in [0.29, 0.717) is 44.1 Å². The van der Waals surface area contributed by atoms with Crippen LogP contribution < -0.4 is 29.3 Å². The zero-order valence-electron chi connectivity index (χ0n) is 25.6. The van der Waals surface area contributed by atoms with Crippen molar-refractivity contribution >= 4 is 63.0 Å². The predicted molar refractivity (Wildman–Crippen MR) is 181 cm³/mol. The van der Waals surface area contributed by atoms with Gasteiger partial charge in [-0.25, -0.2) is 4.90 Å². The lowest BCUT2D eigenvalue weighted by atomic mass is 9.83. The quantitative estimate of drug-likeness (QED) is 0.215. The van der Waals surface area contributed by atoms with Crippen LogP contribution in [0.3, 0.4) is 0 Å². The maximum atomic E-state index is 14.2. The molecule has 47 heavy (non-hydrogen) atoms. The number of fused-ring (bicyclic) bond motifs is 3. The first-order valence-corrected chi connectivity index (χ1v) is 16.4. The molecule has 2 aliphatic heterocycles. The van der Waals surface area contributed by atoms with E-state index in [-0.39, 0.29) is 23.2 Å². The van der Waals surface area contributed by atoms with Crippen molar-refractivity contribution < 1.29 is 28.6 Å². The predicted octanol–water partition coefficient (Wildman–Crippen LogP) is 5.52. The third kappa shape index (κ3) is 5.33. The number of amides is 3. The molecule has 1 saturated heterocycles. The Kier molecular flexibility index (Phi) is 7.98. The second-order valence-electron chi connectivity index (χ2n) is 11.1. The zero-order valence-corrected chi connectivity index (χ0v) is 27.2. The monoisotopic (exact) mass is 667 g/mol. The van der Waals surface area contributed by atoms with Crippen LogP contribution >= 0.6 is 23.1 Å².